The van der Waals surface area contributed by atoms with E-state index < -0.39 is 34.5 Å². The van der Waals surface area contributed by atoms with E-state index in [0.717, 1.165) is 21.5 Å². The Morgan fingerprint density at radius 3 is 1.00 bits per heavy atom. The second kappa shape index (κ2) is 7.49. The molecule has 0 atom stereocenters. The van der Waals surface area contributed by atoms with Crippen LogP contribution in [0.2, 0.25) is 0 Å². The van der Waals surface area contributed by atoms with Crippen LogP contribution in [-0.4, -0.2) is 30.6 Å². The normalized spacial score (nSPS) is 11.4. The monoisotopic (exact) mass is 454 g/mol. The first kappa shape index (κ1) is 21.3. The fourth-order valence-electron chi connectivity index (χ4n) is 4.84. The van der Waals surface area contributed by atoms with E-state index in [1.165, 1.54) is 12.1 Å². The SMILES string of the molecule is Cc1cc(O)c(O)c(O)c1-c1c2ccccc2c(-c2c(C)cc(O)c(O)c2O)c2ccccc12. The van der Waals surface area contributed by atoms with Gasteiger partial charge >= 0.3 is 0 Å². The Morgan fingerprint density at radius 2 is 0.706 bits per heavy atom. The highest BCUT2D eigenvalue weighted by Crippen LogP contribution is 2.53. The van der Waals surface area contributed by atoms with Gasteiger partial charge in [0.1, 0.15) is 0 Å². The lowest BCUT2D eigenvalue weighted by Crippen LogP contribution is -1.95. The lowest BCUT2D eigenvalue weighted by molar-refractivity contribution is 0.368. The summed E-state index contributed by atoms with van der Waals surface area (Å²) in [6.07, 6.45) is 0. The molecule has 0 aromatic heterocycles. The van der Waals surface area contributed by atoms with Gasteiger partial charge in [-0.3, -0.25) is 0 Å². The zero-order valence-electron chi connectivity index (χ0n) is 18.5. The molecule has 6 heteroatoms. The van der Waals surface area contributed by atoms with Crippen LogP contribution in [0.1, 0.15) is 11.1 Å². The minimum absolute atomic E-state index is 0.378. The Morgan fingerprint density at radius 1 is 0.412 bits per heavy atom. The molecule has 170 valence electrons. The predicted molar refractivity (Wildman–Crippen MR) is 132 cm³/mol. The van der Waals surface area contributed by atoms with E-state index in [0.29, 0.717) is 33.4 Å². The average molecular weight is 454 g/mol. The maximum atomic E-state index is 10.9. The Kier molecular flexibility index (Phi) is 4.69. The van der Waals surface area contributed by atoms with Crippen molar-refractivity contribution in [3.8, 4) is 56.8 Å². The first-order valence-electron chi connectivity index (χ1n) is 10.7. The number of aryl methyl sites for hydroxylation is 2. The van der Waals surface area contributed by atoms with Crippen molar-refractivity contribution in [2.75, 3.05) is 0 Å². The fourth-order valence-corrected chi connectivity index (χ4v) is 4.84. The van der Waals surface area contributed by atoms with Crippen LogP contribution in [0.5, 0.6) is 34.5 Å². The van der Waals surface area contributed by atoms with E-state index in [1.807, 2.05) is 48.5 Å². The summed E-state index contributed by atoms with van der Waals surface area (Å²) in [7, 11) is 0. The van der Waals surface area contributed by atoms with Crippen molar-refractivity contribution in [1.29, 1.82) is 0 Å². The highest BCUT2D eigenvalue weighted by atomic mass is 16.3. The maximum absolute atomic E-state index is 10.9. The number of hydrogen-bond donors (Lipinski definition) is 6. The molecule has 0 aliphatic carbocycles. The molecule has 0 spiro atoms. The van der Waals surface area contributed by atoms with Gasteiger partial charge in [0.05, 0.1) is 0 Å². The molecule has 6 N–H and O–H groups in total. The molecule has 0 radical (unpaired) electrons. The largest absolute Gasteiger partial charge is 0.504 e. The number of phenolic OH excluding ortho intramolecular Hbond substituents is 6. The molecule has 0 heterocycles. The topological polar surface area (TPSA) is 121 Å². The van der Waals surface area contributed by atoms with Crippen molar-refractivity contribution in [1.82, 2.24) is 0 Å². The molecule has 5 aromatic rings. The molecule has 0 aliphatic rings. The quantitative estimate of drug-likeness (QED) is 0.140. The van der Waals surface area contributed by atoms with E-state index >= 15 is 0 Å². The van der Waals surface area contributed by atoms with Gasteiger partial charge in [-0.1, -0.05) is 48.5 Å². The summed E-state index contributed by atoms with van der Waals surface area (Å²) >= 11 is 0. The zero-order valence-corrected chi connectivity index (χ0v) is 18.5. The van der Waals surface area contributed by atoms with Crippen LogP contribution in [0.15, 0.2) is 60.7 Å². The molecule has 0 saturated carbocycles. The van der Waals surface area contributed by atoms with Crippen LogP contribution in [-0.2, 0) is 0 Å². The van der Waals surface area contributed by atoms with Gasteiger partial charge < -0.3 is 30.6 Å². The second-order valence-corrected chi connectivity index (χ2v) is 8.41. The number of fused-ring (bicyclic) bond motifs is 2. The van der Waals surface area contributed by atoms with E-state index in [9.17, 15) is 30.6 Å². The predicted octanol–water partition coefficient (Wildman–Crippen LogP) is 6.18. The van der Waals surface area contributed by atoms with Crippen molar-refractivity contribution in [3.05, 3.63) is 71.8 Å². The standard InChI is InChI=1S/C28H22O6/c1-13-11-19(29)25(31)27(33)21(13)23-15-7-3-5-9-17(15)24(18-10-6-4-8-16(18)23)22-14(2)12-20(30)26(32)28(22)34/h3-12,29-34H,1-2H3. The van der Waals surface area contributed by atoms with Gasteiger partial charge in [0.2, 0.25) is 11.5 Å². The molecule has 0 aliphatic heterocycles. The number of hydrogen-bond acceptors (Lipinski definition) is 6. The third kappa shape index (κ3) is 2.89. The number of phenols is 6. The summed E-state index contributed by atoms with van der Waals surface area (Å²) in [4.78, 5) is 0. The Labute approximate surface area is 194 Å². The molecule has 5 rings (SSSR count). The van der Waals surface area contributed by atoms with Crippen LogP contribution in [0.4, 0.5) is 0 Å². The Hall–Kier alpha value is -4.58. The van der Waals surface area contributed by atoms with Crippen LogP contribution >= 0.6 is 0 Å². The smallest absolute Gasteiger partial charge is 0.200 e. The van der Waals surface area contributed by atoms with Crippen molar-refractivity contribution < 1.29 is 30.6 Å². The van der Waals surface area contributed by atoms with Gasteiger partial charge in [0.25, 0.3) is 0 Å². The molecule has 0 bridgehead atoms. The van der Waals surface area contributed by atoms with Gasteiger partial charge in [0.15, 0.2) is 23.0 Å². The maximum Gasteiger partial charge on any atom is 0.200 e. The molecule has 34 heavy (non-hydrogen) atoms. The second-order valence-electron chi connectivity index (χ2n) is 8.41. The summed E-state index contributed by atoms with van der Waals surface area (Å²) in [5.41, 5.74) is 3.20. The van der Waals surface area contributed by atoms with E-state index in [4.69, 9.17) is 0 Å². The van der Waals surface area contributed by atoms with Crippen molar-refractivity contribution in [2.24, 2.45) is 0 Å². The molecule has 6 nitrogen and oxygen atoms in total. The molecule has 0 fully saturated rings. The van der Waals surface area contributed by atoms with E-state index in [-0.39, 0.29) is 0 Å². The highest BCUT2D eigenvalue weighted by molar-refractivity contribution is 6.23. The van der Waals surface area contributed by atoms with Crippen molar-refractivity contribution in [2.45, 2.75) is 13.8 Å². The number of benzene rings is 5. The van der Waals surface area contributed by atoms with Crippen LogP contribution in [0.25, 0.3) is 43.8 Å². The van der Waals surface area contributed by atoms with Crippen LogP contribution < -0.4 is 0 Å². The number of rotatable bonds is 2. The fraction of sp³-hybridized carbons (Fsp3) is 0.0714. The molecule has 5 aromatic carbocycles. The van der Waals surface area contributed by atoms with Gasteiger partial charge in [-0.2, -0.15) is 0 Å². The van der Waals surface area contributed by atoms with Crippen molar-refractivity contribution >= 4 is 21.5 Å². The first-order valence-corrected chi connectivity index (χ1v) is 10.7. The number of aromatic hydroxyl groups is 6. The van der Waals surface area contributed by atoms with Crippen LogP contribution in [0.3, 0.4) is 0 Å². The molecule has 0 saturated heterocycles. The van der Waals surface area contributed by atoms with E-state index in [1.54, 1.807) is 13.8 Å². The zero-order chi connectivity index (χ0) is 24.3. The van der Waals surface area contributed by atoms with Crippen LogP contribution in [0, 0.1) is 13.8 Å². The Balaban J connectivity index is 2.05. The van der Waals surface area contributed by atoms with Gasteiger partial charge in [-0.05, 0) is 58.7 Å². The Bertz CT molecular complexity index is 1460. The lowest BCUT2D eigenvalue weighted by Gasteiger charge is -2.21. The molecular formula is C28H22O6. The minimum Gasteiger partial charge on any atom is -0.504 e. The lowest BCUT2D eigenvalue weighted by atomic mass is 9.83. The van der Waals surface area contributed by atoms with Gasteiger partial charge in [-0.25, -0.2) is 0 Å². The average Bonchev–Trinajstić information content (AvgIpc) is 2.82. The molecule has 0 amide bonds. The highest BCUT2D eigenvalue weighted by Gasteiger charge is 2.25. The minimum atomic E-state index is -0.602. The molecular weight excluding hydrogens is 432 g/mol. The van der Waals surface area contributed by atoms with Gasteiger partial charge in [-0.15, -0.1) is 0 Å². The summed E-state index contributed by atoms with van der Waals surface area (Å²) < 4.78 is 0. The summed E-state index contributed by atoms with van der Waals surface area (Å²) in [5.74, 6) is -2.89. The van der Waals surface area contributed by atoms with E-state index in [2.05, 4.69) is 0 Å². The molecule has 0 unspecified atom stereocenters. The summed E-state index contributed by atoms with van der Waals surface area (Å²) in [6.45, 7) is 3.47. The summed E-state index contributed by atoms with van der Waals surface area (Å²) in [5, 5.41) is 65.2. The third-order valence-electron chi connectivity index (χ3n) is 6.33. The third-order valence-corrected chi connectivity index (χ3v) is 6.33. The first-order chi connectivity index (χ1) is 16.2. The van der Waals surface area contributed by atoms with Gasteiger partial charge in [0, 0.05) is 22.3 Å². The summed E-state index contributed by atoms with van der Waals surface area (Å²) in [6, 6.07) is 17.7. The van der Waals surface area contributed by atoms with Crippen molar-refractivity contribution in [3.63, 3.8) is 0 Å².